The molecule has 2 unspecified atom stereocenters. The molecule has 3 fully saturated rings. The summed E-state index contributed by atoms with van der Waals surface area (Å²) < 4.78 is 11.5. The summed E-state index contributed by atoms with van der Waals surface area (Å²) >= 11 is 0. The second kappa shape index (κ2) is 5.90. The van der Waals surface area contributed by atoms with Crippen LogP contribution in [-0.4, -0.2) is 51.0 Å². The van der Waals surface area contributed by atoms with Gasteiger partial charge in [0.2, 0.25) is 0 Å². The van der Waals surface area contributed by atoms with Crippen LogP contribution >= 0.6 is 0 Å². The van der Waals surface area contributed by atoms with Crippen molar-refractivity contribution < 1.29 is 9.47 Å². The third kappa shape index (κ3) is 2.66. The molecule has 2 atom stereocenters. The highest BCUT2D eigenvalue weighted by Gasteiger charge is 2.56. The van der Waals surface area contributed by atoms with E-state index in [0.717, 1.165) is 45.0 Å². The van der Waals surface area contributed by atoms with Crippen LogP contribution in [0, 0.1) is 5.41 Å². The predicted molar refractivity (Wildman–Crippen MR) is 79.0 cm³/mol. The van der Waals surface area contributed by atoms with Crippen LogP contribution in [-0.2, 0) is 9.47 Å². The summed E-state index contributed by atoms with van der Waals surface area (Å²) in [5, 5.41) is 7.10. The summed E-state index contributed by atoms with van der Waals surface area (Å²) in [7, 11) is 1.85. The molecule has 0 aromatic heterocycles. The third-order valence-electron chi connectivity index (χ3n) is 5.03. The van der Waals surface area contributed by atoms with Gasteiger partial charge in [0.1, 0.15) is 0 Å². The number of rotatable bonds is 4. The van der Waals surface area contributed by atoms with Gasteiger partial charge in [0.05, 0.1) is 6.10 Å². The Labute approximate surface area is 121 Å². The van der Waals surface area contributed by atoms with E-state index in [1.165, 1.54) is 12.8 Å². The van der Waals surface area contributed by atoms with Crippen molar-refractivity contribution in [1.82, 2.24) is 10.6 Å². The summed E-state index contributed by atoms with van der Waals surface area (Å²) in [6.07, 6.45) is 6.19. The van der Waals surface area contributed by atoms with Crippen LogP contribution in [0.5, 0.6) is 0 Å². The van der Waals surface area contributed by atoms with Crippen molar-refractivity contribution in [1.29, 1.82) is 0 Å². The van der Waals surface area contributed by atoms with E-state index >= 15 is 0 Å². The lowest BCUT2D eigenvalue weighted by atomic mass is 9.57. The molecular formula is C15H27N3O2. The molecule has 1 heterocycles. The van der Waals surface area contributed by atoms with Crippen molar-refractivity contribution in [3.05, 3.63) is 0 Å². The van der Waals surface area contributed by atoms with Gasteiger partial charge in [-0.3, -0.25) is 4.99 Å². The molecule has 2 saturated carbocycles. The first-order chi connectivity index (χ1) is 9.78. The SMILES string of the molecule is CCOC1CC(NC(=NC)NC2CC2)C12CCOCC2. The standard InChI is InChI=1S/C15H27N3O2/c1-3-20-13-10-12(15(13)6-8-19-9-7-15)18-14(16-2)17-11-4-5-11/h11-13H,3-10H2,1-2H3,(H2,16,17,18). The summed E-state index contributed by atoms with van der Waals surface area (Å²) in [4.78, 5) is 4.36. The van der Waals surface area contributed by atoms with Gasteiger partial charge >= 0.3 is 0 Å². The number of nitrogens with zero attached hydrogens (tertiary/aromatic N) is 1. The lowest BCUT2D eigenvalue weighted by Crippen LogP contribution is -2.67. The van der Waals surface area contributed by atoms with E-state index in [-0.39, 0.29) is 5.41 Å². The van der Waals surface area contributed by atoms with Gasteiger partial charge in [-0.25, -0.2) is 0 Å². The highest BCUT2D eigenvalue weighted by atomic mass is 16.5. The Bertz CT molecular complexity index is 362. The fraction of sp³-hybridized carbons (Fsp3) is 0.933. The molecule has 3 rings (SSSR count). The second-order valence-electron chi connectivity index (χ2n) is 6.21. The topological polar surface area (TPSA) is 54.9 Å². The smallest absolute Gasteiger partial charge is 0.191 e. The van der Waals surface area contributed by atoms with Gasteiger partial charge in [-0.15, -0.1) is 0 Å². The number of ether oxygens (including phenoxy) is 2. The molecule has 1 aliphatic heterocycles. The molecule has 1 spiro atoms. The average molecular weight is 281 g/mol. The number of guanidine groups is 1. The Morgan fingerprint density at radius 3 is 2.65 bits per heavy atom. The van der Waals surface area contributed by atoms with Gasteiger partial charge < -0.3 is 20.1 Å². The van der Waals surface area contributed by atoms with Crippen LogP contribution in [0.2, 0.25) is 0 Å². The van der Waals surface area contributed by atoms with Crippen molar-refractivity contribution in [2.45, 2.75) is 57.2 Å². The van der Waals surface area contributed by atoms with Crippen molar-refractivity contribution in [3.8, 4) is 0 Å². The maximum Gasteiger partial charge on any atom is 0.191 e. The Hall–Kier alpha value is -0.810. The van der Waals surface area contributed by atoms with Gasteiger partial charge in [0.25, 0.3) is 0 Å². The Kier molecular flexibility index (Phi) is 4.17. The first-order valence-corrected chi connectivity index (χ1v) is 7.97. The van der Waals surface area contributed by atoms with E-state index in [4.69, 9.17) is 9.47 Å². The minimum absolute atomic E-state index is 0.245. The van der Waals surface area contributed by atoms with Crippen molar-refractivity contribution in [3.63, 3.8) is 0 Å². The summed E-state index contributed by atoms with van der Waals surface area (Å²) in [6.45, 7) is 4.60. The highest BCUT2D eigenvalue weighted by Crippen LogP contribution is 2.50. The zero-order chi connectivity index (χ0) is 14.0. The number of aliphatic imine (C=N–C) groups is 1. The van der Waals surface area contributed by atoms with Crippen LogP contribution in [0.15, 0.2) is 4.99 Å². The van der Waals surface area contributed by atoms with Gasteiger partial charge in [0.15, 0.2) is 5.96 Å². The first-order valence-electron chi connectivity index (χ1n) is 7.97. The fourth-order valence-corrected chi connectivity index (χ4v) is 3.56. The molecule has 2 aliphatic carbocycles. The van der Waals surface area contributed by atoms with E-state index < -0.39 is 0 Å². The van der Waals surface area contributed by atoms with E-state index in [1.807, 2.05) is 7.05 Å². The van der Waals surface area contributed by atoms with Crippen LogP contribution in [0.25, 0.3) is 0 Å². The van der Waals surface area contributed by atoms with E-state index in [1.54, 1.807) is 0 Å². The highest BCUT2D eigenvalue weighted by molar-refractivity contribution is 5.80. The summed E-state index contributed by atoms with van der Waals surface area (Å²) in [6, 6.07) is 1.10. The predicted octanol–water partition coefficient (Wildman–Crippen LogP) is 1.29. The quantitative estimate of drug-likeness (QED) is 0.602. The van der Waals surface area contributed by atoms with E-state index in [0.29, 0.717) is 18.2 Å². The Morgan fingerprint density at radius 1 is 1.30 bits per heavy atom. The van der Waals surface area contributed by atoms with Crippen LogP contribution in [0.4, 0.5) is 0 Å². The lowest BCUT2D eigenvalue weighted by Gasteiger charge is -2.57. The lowest BCUT2D eigenvalue weighted by molar-refractivity contribution is -0.169. The van der Waals surface area contributed by atoms with Crippen LogP contribution < -0.4 is 10.6 Å². The monoisotopic (exact) mass is 281 g/mol. The minimum Gasteiger partial charge on any atom is -0.381 e. The van der Waals surface area contributed by atoms with Crippen LogP contribution in [0.3, 0.4) is 0 Å². The second-order valence-corrected chi connectivity index (χ2v) is 6.21. The average Bonchev–Trinajstić information content (AvgIpc) is 3.30. The molecule has 0 bridgehead atoms. The molecule has 3 aliphatic rings. The van der Waals surface area contributed by atoms with Crippen molar-refractivity contribution >= 4 is 5.96 Å². The maximum atomic E-state index is 5.95. The molecule has 0 amide bonds. The first kappa shape index (κ1) is 14.1. The number of nitrogens with one attached hydrogen (secondary N) is 2. The third-order valence-corrected chi connectivity index (χ3v) is 5.03. The summed E-state index contributed by atoms with van der Waals surface area (Å²) in [5.41, 5.74) is 0.245. The van der Waals surface area contributed by atoms with Crippen LogP contribution in [0.1, 0.15) is 39.0 Å². The summed E-state index contributed by atoms with van der Waals surface area (Å²) in [5.74, 6) is 0.957. The molecular weight excluding hydrogens is 254 g/mol. The zero-order valence-electron chi connectivity index (χ0n) is 12.7. The molecule has 0 aromatic carbocycles. The molecule has 0 aromatic rings. The molecule has 0 radical (unpaired) electrons. The Morgan fingerprint density at radius 2 is 2.05 bits per heavy atom. The van der Waals surface area contributed by atoms with Gasteiger partial charge in [-0.05, 0) is 39.0 Å². The molecule has 114 valence electrons. The molecule has 5 nitrogen and oxygen atoms in total. The number of hydrogen-bond donors (Lipinski definition) is 2. The zero-order valence-corrected chi connectivity index (χ0v) is 12.7. The fourth-order valence-electron chi connectivity index (χ4n) is 3.56. The minimum atomic E-state index is 0.245. The van der Waals surface area contributed by atoms with Crippen molar-refractivity contribution in [2.24, 2.45) is 10.4 Å². The molecule has 20 heavy (non-hydrogen) atoms. The van der Waals surface area contributed by atoms with E-state index in [9.17, 15) is 0 Å². The van der Waals surface area contributed by atoms with Gasteiger partial charge in [0, 0.05) is 44.4 Å². The molecule has 5 heteroatoms. The van der Waals surface area contributed by atoms with Gasteiger partial charge in [-0.2, -0.15) is 0 Å². The number of hydrogen-bond acceptors (Lipinski definition) is 3. The maximum absolute atomic E-state index is 5.95. The molecule has 1 saturated heterocycles. The largest absolute Gasteiger partial charge is 0.381 e. The Balaban J connectivity index is 1.62. The molecule has 2 N–H and O–H groups in total. The van der Waals surface area contributed by atoms with Gasteiger partial charge in [-0.1, -0.05) is 0 Å². The van der Waals surface area contributed by atoms with E-state index in [2.05, 4.69) is 22.5 Å². The van der Waals surface area contributed by atoms with Crippen molar-refractivity contribution in [2.75, 3.05) is 26.9 Å². The normalized spacial score (nSPS) is 32.8.